The first-order valence-corrected chi connectivity index (χ1v) is 21.8. The molecule has 1 aliphatic heterocycles. The highest BCUT2D eigenvalue weighted by atomic mass is 31.2. The lowest BCUT2D eigenvalue weighted by atomic mass is 9.70. The van der Waals surface area contributed by atoms with Crippen LogP contribution in [0.4, 0.5) is 13.2 Å². The van der Waals surface area contributed by atoms with E-state index in [1.165, 1.54) is 42.5 Å². The Bertz CT molecular complexity index is 3070. The third kappa shape index (κ3) is 4.09. The van der Waals surface area contributed by atoms with Gasteiger partial charge in [-0.15, -0.1) is 0 Å². The third-order valence-corrected chi connectivity index (χ3v) is 18.2. The standard InChI is InChI=1S/C49H29F3O2P2/c50-41-18-6-10-22-45(41)55(53,46-23-11-7-19-42(46)51)30-25-26-33-31-13-1-4-16-37(31)49(39(33)27-30)38-17-5-2-14-32(38)35-28-36-34-15-3-9-21-44(34)56(54,48(36)29-40(35)49)47-24-12-8-20-43(47)52/h1-29H. The summed E-state index contributed by atoms with van der Waals surface area (Å²) in [6, 6.07) is 51.5. The van der Waals surface area contributed by atoms with Crippen molar-refractivity contribution in [1.29, 1.82) is 0 Å². The Balaban J connectivity index is 1.26. The SMILES string of the molecule is O=P(c1ccc2c(c1)C1(c3ccccc3-2)c2ccccc2-c2cc3c(cc21)P(=O)(c1ccccc1F)c1ccccc1-3)(c1ccccc1F)c1ccccc1F. The zero-order chi connectivity index (χ0) is 38.0. The Kier molecular flexibility index (Phi) is 7.00. The molecule has 0 saturated carbocycles. The van der Waals surface area contributed by atoms with Crippen LogP contribution >= 0.6 is 14.3 Å². The van der Waals surface area contributed by atoms with Gasteiger partial charge in [-0.2, -0.15) is 0 Å². The number of hydrogen-bond acceptors (Lipinski definition) is 2. The molecule has 3 aliphatic rings. The van der Waals surface area contributed by atoms with Gasteiger partial charge in [0.05, 0.1) is 21.3 Å². The second-order valence-corrected chi connectivity index (χ2v) is 19.9. The molecule has 0 aromatic heterocycles. The molecule has 11 rings (SSSR count). The molecule has 2 unspecified atom stereocenters. The van der Waals surface area contributed by atoms with E-state index in [0.29, 0.717) is 10.6 Å². The summed E-state index contributed by atoms with van der Waals surface area (Å²) in [5.41, 5.74) is 7.97. The van der Waals surface area contributed by atoms with Crippen molar-refractivity contribution < 1.29 is 22.3 Å². The van der Waals surface area contributed by atoms with Gasteiger partial charge >= 0.3 is 0 Å². The lowest BCUT2D eigenvalue weighted by Gasteiger charge is -2.32. The van der Waals surface area contributed by atoms with Crippen molar-refractivity contribution in [3.05, 3.63) is 216 Å². The molecule has 8 aromatic rings. The summed E-state index contributed by atoms with van der Waals surface area (Å²) in [6.45, 7) is 0. The quantitative estimate of drug-likeness (QED) is 0.167. The fourth-order valence-corrected chi connectivity index (χ4v) is 15.6. The fourth-order valence-electron chi connectivity index (χ4n) is 9.73. The lowest BCUT2D eigenvalue weighted by Crippen LogP contribution is -2.32. The Morgan fingerprint density at radius 1 is 0.393 bits per heavy atom. The number of hydrogen-bond donors (Lipinski definition) is 0. The molecule has 7 heteroatoms. The van der Waals surface area contributed by atoms with Gasteiger partial charge < -0.3 is 9.13 Å². The predicted octanol–water partition coefficient (Wildman–Crippen LogP) is 9.71. The monoisotopic (exact) mass is 768 g/mol. The van der Waals surface area contributed by atoms with Gasteiger partial charge in [-0.1, -0.05) is 121 Å². The van der Waals surface area contributed by atoms with Crippen LogP contribution in [0.15, 0.2) is 176 Å². The van der Waals surface area contributed by atoms with E-state index in [9.17, 15) is 0 Å². The molecule has 2 atom stereocenters. The largest absolute Gasteiger partial charge is 0.308 e. The Labute approximate surface area is 321 Å². The second kappa shape index (κ2) is 11.8. The summed E-state index contributed by atoms with van der Waals surface area (Å²) in [5.74, 6) is -1.91. The van der Waals surface area contributed by atoms with Crippen LogP contribution in [0.1, 0.15) is 22.3 Å². The van der Waals surface area contributed by atoms with E-state index in [0.717, 1.165) is 55.6 Å². The zero-order valence-electron chi connectivity index (χ0n) is 29.6. The maximum absolute atomic E-state index is 15.9. The maximum atomic E-state index is 15.9. The first-order valence-electron chi connectivity index (χ1n) is 18.4. The second-order valence-electron chi connectivity index (χ2n) is 14.6. The average Bonchev–Trinajstić information content (AvgIpc) is 3.79. The van der Waals surface area contributed by atoms with Crippen LogP contribution in [0.3, 0.4) is 0 Å². The van der Waals surface area contributed by atoms with Crippen LogP contribution < -0.4 is 31.8 Å². The number of benzene rings is 8. The molecule has 0 bridgehead atoms. The van der Waals surface area contributed by atoms with E-state index < -0.39 is 37.2 Å². The zero-order valence-corrected chi connectivity index (χ0v) is 31.4. The molecule has 8 aromatic carbocycles. The highest BCUT2D eigenvalue weighted by Gasteiger charge is 2.54. The predicted molar refractivity (Wildman–Crippen MR) is 220 cm³/mol. The van der Waals surface area contributed by atoms with Gasteiger partial charge in [0.15, 0.2) is 14.3 Å². The van der Waals surface area contributed by atoms with Gasteiger partial charge in [0.25, 0.3) is 0 Å². The van der Waals surface area contributed by atoms with E-state index in [4.69, 9.17) is 0 Å². The van der Waals surface area contributed by atoms with Crippen molar-refractivity contribution in [3.63, 3.8) is 0 Å². The molecule has 0 radical (unpaired) electrons. The van der Waals surface area contributed by atoms with Crippen LogP contribution in [-0.2, 0) is 14.5 Å². The first kappa shape index (κ1) is 33.4. The summed E-state index contributed by atoms with van der Waals surface area (Å²) < 4.78 is 79.4. The van der Waals surface area contributed by atoms with Gasteiger partial charge in [0.2, 0.25) is 0 Å². The fraction of sp³-hybridized carbons (Fsp3) is 0.0204. The average molecular weight is 769 g/mol. The van der Waals surface area contributed by atoms with Gasteiger partial charge in [0, 0.05) is 15.9 Å². The number of fused-ring (bicyclic) bond motifs is 13. The van der Waals surface area contributed by atoms with Gasteiger partial charge in [-0.3, -0.25) is 0 Å². The van der Waals surface area contributed by atoms with Crippen molar-refractivity contribution in [2.24, 2.45) is 0 Å². The molecule has 0 N–H and O–H groups in total. The Hall–Kier alpha value is -5.99. The van der Waals surface area contributed by atoms with Crippen molar-refractivity contribution in [2.75, 3.05) is 0 Å². The Morgan fingerprint density at radius 2 is 0.875 bits per heavy atom. The number of halogens is 3. The topological polar surface area (TPSA) is 34.1 Å². The summed E-state index contributed by atoms with van der Waals surface area (Å²) in [4.78, 5) is 0. The van der Waals surface area contributed by atoms with Crippen LogP contribution in [0.2, 0.25) is 0 Å². The first-order chi connectivity index (χ1) is 27.3. The van der Waals surface area contributed by atoms with E-state index >= 15 is 22.3 Å². The minimum absolute atomic E-state index is 0.0803. The molecule has 1 heterocycles. The van der Waals surface area contributed by atoms with E-state index in [1.54, 1.807) is 36.4 Å². The van der Waals surface area contributed by atoms with Crippen molar-refractivity contribution in [2.45, 2.75) is 5.41 Å². The van der Waals surface area contributed by atoms with Crippen molar-refractivity contribution in [1.82, 2.24) is 0 Å². The molecule has 268 valence electrons. The molecule has 2 aliphatic carbocycles. The maximum Gasteiger partial charge on any atom is 0.176 e. The summed E-state index contributed by atoms with van der Waals surface area (Å²) >= 11 is 0. The van der Waals surface area contributed by atoms with Crippen LogP contribution in [0.5, 0.6) is 0 Å². The summed E-state index contributed by atoms with van der Waals surface area (Å²) in [7, 11) is -7.88. The van der Waals surface area contributed by atoms with E-state index in [-0.39, 0.29) is 21.2 Å². The minimum Gasteiger partial charge on any atom is -0.308 e. The van der Waals surface area contributed by atoms with Crippen molar-refractivity contribution >= 4 is 46.1 Å². The van der Waals surface area contributed by atoms with E-state index in [1.807, 2.05) is 66.7 Å². The van der Waals surface area contributed by atoms with Crippen LogP contribution in [0.25, 0.3) is 33.4 Å². The highest BCUT2D eigenvalue weighted by molar-refractivity contribution is 7.86. The normalized spacial score (nSPS) is 18.2. The minimum atomic E-state index is -4.16. The lowest BCUT2D eigenvalue weighted by molar-refractivity contribution is 0.585. The van der Waals surface area contributed by atoms with Crippen LogP contribution in [0, 0.1) is 17.5 Å². The number of rotatable bonds is 4. The molecule has 0 saturated heterocycles. The van der Waals surface area contributed by atoms with Gasteiger partial charge in [0.1, 0.15) is 17.5 Å². The molecule has 0 fully saturated rings. The molecule has 0 amide bonds. The van der Waals surface area contributed by atoms with Crippen molar-refractivity contribution in [3.8, 4) is 33.4 Å². The Morgan fingerprint density at radius 3 is 1.50 bits per heavy atom. The summed E-state index contributed by atoms with van der Waals surface area (Å²) in [6.07, 6.45) is 0. The van der Waals surface area contributed by atoms with E-state index in [2.05, 4.69) is 30.3 Å². The summed E-state index contributed by atoms with van der Waals surface area (Å²) in [5, 5.41) is 1.43. The highest BCUT2D eigenvalue weighted by Crippen LogP contribution is 2.65. The molecular formula is C49H29F3O2P2. The molecule has 56 heavy (non-hydrogen) atoms. The third-order valence-electron chi connectivity index (χ3n) is 12.0. The van der Waals surface area contributed by atoms with Gasteiger partial charge in [-0.25, -0.2) is 13.2 Å². The van der Waals surface area contributed by atoms with Crippen LogP contribution in [-0.4, -0.2) is 0 Å². The molecule has 2 nitrogen and oxygen atoms in total. The van der Waals surface area contributed by atoms with Gasteiger partial charge in [-0.05, 0) is 110 Å². The smallest absolute Gasteiger partial charge is 0.176 e. The molecule has 1 spiro atoms. The molecular weight excluding hydrogens is 739 g/mol.